The number of halogens is 1. The number of carbonyl (C=O) groups excluding carboxylic acids is 1. The number of alkyl halides is 1. The van der Waals surface area contributed by atoms with Crippen LogP contribution >= 0.6 is 0 Å². The van der Waals surface area contributed by atoms with Crippen LogP contribution in [0.25, 0.3) is 16.7 Å². The first-order valence-corrected chi connectivity index (χ1v) is 11.1. The molecule has 4 rings (SSSR count). The lowest BCUT2D eigenvalue weighted by Gasteiger charge is -2.09. The van der Waals surface area contributed by atoms with Crippen LogP contribution in [0.15, 0.2) is 84.1 Å². The van der Waals surface area contributed by atoms with E-state index in [0.717, 1.165) is 30.4 Å². The molecule has 0 atom stereocenters. The summed E-state index contributed by atoms with van der Waals surface area (Å²) >= 11 is 0. The second-order valence-corrected chi connectivity index (χ2v) is 8.03. The fourth-order valence-corrected chi connectivity index (χ4v) is 4.24. The van der Waals surface area contributed by atoms with Gasteiger partial charge in [-0.05, 0) is 53.1 Å². The predicted molar refractivity (Wildman–Crippen MR) is 126 cm³/mol. The first-order chi connectivity index (χ1) is 15.2. The quantitative estimate of drug-likeness (QED) is 0.166. The number of unbranched alkanes of at least 4 members (excludes halogenated alkanes) is 1. The Labute approximate surface area is 184 Å². The molecular weight excluding hydrogens is 383 g/mol. The molecule has 0 aliphatic heterocycles. The highest BCUT2D eigenvalue weighted by atomic mass is 19.1. The van der Waals surface area contributed by atoms with Gasteiger partial charge in [0.1, 0.15) is 0 Å². The van der Waals surface area contributed by atoms with Gasteiger partial charge in [-0.25, -0.2) is 0 Å². The first-order valence-electron chi connectivity index (χ1n) is 11.1. The van der Waals surface area contributed by atoms with Crippen molar-refractivity contribution in [2.45, 2.75) is 39.0 Å². The molecule has 0 N–H and O–H groups in total. The highest BCUT2D eigenvalue weighted by Crippen LogP contribution is 2.38. The van der Waals surface area contributed by atoms with Crippen LogP contribution in [-0.4, -0.2) is 12.5 Å². The van der Waals surface area contributed by atoms with Gasteiger partial charge in [-0.3, -0.25) is 9.18 Å². The zero-order chi connectivity index (χ0) is 21.6. The summed E-state index contributed by atoms with van der Waals surface area (Å²) in [6.45, 7) is 1.63. The van der Waals surface area contributed by atoms with Gasteiger partial charge in [0.15, 0.2) is 5.78 Å². The minimum atomic E-state index is -0.472. The predicted octanol–water partition coefficient (Wildman–Crippen LogP) is 7.60. The highest BCUT2D eigenvalue weighted by molar-refractivity contribution is 6.09. The van der Waals surface area contributed by atoms with Crippen molar-refractivity contribution < 1.29 is 9.18 Å². The average Bonchev–Trinajstić information content (AvgIpc) is 3.19. The summed E-state index contributed by atoms with van der Waals surface area (Å²) in [7, 11) is 0. The fraction of sp³-hybridized carbons (Fsp3) is 0.241. The number of hydrogen-bond donors (Lipinski definition) is 0. The average molecular weight is 411 g/mol. The van der Waals surface area contributed by atoms with E-state index in [4.69, 9.17) is 0 Å². The molecule has 0 unspecified atom stereocenters. The molecular formula is C29H27FO. The van der Waals surface area contributed by atoms with Crippen LogP contribution in [0, 0.1) is 0 Å². The van der Waals surface area contributed by atoms with Gasteiger partial charge in [-0.15, -0.1) is 5.73 Å². The van der Waals surface area contributed by atoms with Gasteiger partial charge in [0, 0.05) is 23.1 Å². The molecule has 0 radical (unpaired) electrons. The Hall–Kier alpha value is -3.22. The van der Waals surface area contributed by atoms with Crippen LogP contribution < -0.4 is 0 Å². The molecule has 0 bridgehead atoms. The largest absolute Gasteiger partial charge is 0.288 e. The third-order valence-corrected chi connectivity index (χ3v) is 5.88. The molecule has 0 saturated carbocycles. The Morgan fingerprint density at radius 1 is 0.871 bits per heavy atom. The fourth-order valence-electron chi connectivity index (χ4n) is 4.24. The number of fused-ring (bicyclic) bond motifs is 3. The lowest BCUT2D eigenvalue weighted by molar-refractivity contribution is 0.103. The molecule has 31 heavy (non-hydrogen) atoms. The number of allylic oxidation sites excluding steroid dienone is 1. The number of carbonyl (C=O) groups is 1. The molecule has 0 aromatic heterocycles. The third-order valence-electron chi connectivity index (χ3n) is 5.88. The van der Waals surface area contributed by atoms with Gasteiger partial charge in [0.2, 0.25) is 0 Å². The van der Waals surface area contributed by atoms with Gasteiger partial charge in [0.25, 0.3) is 0 Å². The summed E-state index contributed by atoms with van der Waals surface area (Å²) in [6.07, 6.45) is 3.68. The molecule has 2 heteroatoms. The van der Waals surface area contributed by atoms with Crippen LogP contribution in [0.1, 0.15) is 59.7 Å². The summed E-state index contributed by atoms with van der Waals surface area (Å²) in [5.74, 6) is -0.0148. The van der Waals surface area contributed by atoms with Crippen LogP contribution in [0.2, 0.25) is 0 Å². The first kappa shape index (κ1) is 21.0. The van der Waals surface area contributed by atoms with Crippen molar-refractivity contribution in [2.75, 3.05) is 6.67 Å². The highest BCUT2D eigenvalue weighted by Gasteiger charge is 2.19. The summed E-state index contributed by atoms with van der Waals surface area (Å²) in [4.78, 5) is 13.2. The van der Waals surface area contributed by atoms with Crippen molar-refractivity contribution >= 4 is 11.4 Å². The van der Waals surface area contributed by atoms with Gasteiger partial charge in [-0.1, -0.05) is 80.1 Å². The van der Waals surface area contributed by atoms with Crippen LogP contribution in [0.4, 0.5) is 4.39 Å². The molecule has 156 valence electrons. The van der Waals surface area contributed by atoms with Gasteiger partial charge < -0.3 is 0 Å². The van der Waals surface area contributed by atoms with E-state index >= 15 is 0 Å². The monoisotopic (exact) mass is 410 g/mol. The summed E-state index contributed by atoms with van der Waals surface area (Å²) in [5, 5.41) is 0. The zero-order valence-electron chi connectivity index (χ0n) is 18.0. The van der Waals surface area contributed by atoms with Crippen LogP contribution in [0.5, 0.6) is 0 Å². The van der Waals surface area contributed by atoms with E-state index in [1.807, 2.05) is 36.4 Å². The van der Waals surface area contributed by atoms with Gasteiger partial charge in [0.05, 0.1) is 6.67 Å². The van der Waals surface area contributed by atoms with Crippen LogP contribution in [-0.2, 0) is 6.42 Å². The molecule has 1 aliphatic rings. The van der Waals surface area contributed by atoms with Crippen molar-refractivity contribution in [3.63, 3.8) is 0 Å². The van der Waals surface area contributed by atoms with Crippen molar-refractivity contribution in [1.82, 2.24) is 0 Å². The van der Waals surface area contributed by atoms with Crippen molar-refractivity contribution in [3.05, 3.63) is 106 Å². The Morgan fingerprint density at radius 2 is 1.61 bits per heavy atom. The minimum Gasteiger partial charge on any atom is -0.288 e. The number of benzene rings is 3. The Balaban J connectivity index is 1.77. The van der Waals surface area contributed by atoms with E-state index in [1.54, 1.807) is 0 Å². The van der Waals surface area contributed by atoms with E-state index in [-0.39, 0.29) is 12.2 Å². The molecule has 1 aliphatic carbocycles. The van der Waals surface area contributed by atoms with Gasteiger partial charge >= 0.3 is 0 Å². The smallest absolute Gasteiger partial charge is 0.196 e. The Bertz CT molecular complexity index is 1150. The molecule has 1 nitrogen and oxygen atoms in total. The number of rotatable bonds is 8. The summed E-state index contributed by atoms with van der Waals surface area (Å²) in [6, 6.07) is 24.1. The number of ketones is 1. The van der Waals surface area contributed by atoms with E-state index in [9.17, 15) is 9.18 Å². The van der Waals surface area contributed by atoms with E-state index in [2.05, 4.69) is 49.1 Å². The molecule has 0 amide bonds. The van der Waals surface area contributed by atoms with Crippen molar-refractivity contribution in [2.24, 2.45) is 0 Å². The zero-order valence-corrected chi connectivity index (χ0v) is 18.0. The topological polar surface area (TPSA) is 17.1 Å². The second kappa shape index (κ2) is 9.73. The maximum Gasteiger partial charge on any atom is 0.196 e. The van der Waals surface area contributed by atoms with Gasteiger partial charge in [-0.2, -0.15) is 0 Å². The number of hydrogen-bond acceptors (Lipinski definition) is 1. The molecule has 3 aromatic rings. The van der Waals surface area contributed by atoms with Crippen LogP contribution in [0.3, 0.4) is 0 Å². The summed E-state index contributed by atoms with van der Waals surface area (Å²) in [5.41, 5.74) is 11.5. The normalized spacial score (nSPS) is 11.4. The molecule has 0 fully saturated rings. The van der Waals surface area contributed by atoms with E-state index < -0.39 is 6.67 Å². The third kappa shape index (κ3) is 4.60. The number of Topliss-reactive ketones (excluding diaryl/α,β-unsaturated/α-hetero) is 1. The van der Waals surface area contributed by atoms with Crippen molar-refractivity contribution in [3.8, 4) is 11.1 Å². The SMILES string of the molecule is CCCCC(=C=C(CCF)c1ccc2c(c1)Cc1ccccc1-2)C(=O)c1ccccc1. The maximum absolute atomic E-state index is 13.5. The minimum absolute atomic E-state index is 0.0148. The van der Waals surface area contributed by atoms with E-state index in [1.165, 1.54) is 22.3 Å². The molecule has 3 aromatic carbocycles. The Morgan fingerprint density at radius 3 is 2.39 bits per heavy atom. The lowest BCUT2D eigenvalue weighted by Crippen LogP contribution is -2.03. The molecule has 0 saturated heterocycles. The standard InChI is InChI=1S/C29H27FO/c1-2-3-9-25(29(31)21-10-5-4-6-11-21)18-23(16-17-30)22-14-15-28-26(19-22)20-24-12-7-8-13-27(24)28/h4-8,10-15,19H,2-3,9,16-17,20H2,1H3. The maximum atomic E-state index is 13.5. The molecule has 0 heterocycles. The Kier molecular flexibility index (Phi) is 6.60. The lowest BCUT2D eigenvalue weighted by atomic mass is 9.94. The summed E-state index contributed by atoms with van der Waals surface area (Å²) < 4.78 is 13.5. The second-order valence-electron chi connectivity index (χ2n) is 8.03. The van der Waals surface area contributed by atoms with E-state index in [0.29, 0.717) is 17.6 Å². The van der Waals surface area contributed by atoms with Crippen molar-refractivity contribution in [1.29, 1.82) is 0 Å². The molecule has 0 spiro atoms.